The molecule has 222 valence electrons. The van der Waals surface area contributed by atoms with Crippen LogP contribution in [0.4, 0.5) is 0 Å². The molecule has 0 radical (unpaired) electrons. The summed E-state index contributed by atoms with van der Waals surface area (Å²) in [5.74, 6) is 0.256. The number of unbranched alkanes of at least 4 members (excludes halogenated alkanes) is 1. The van der Waals surface area contributed by atoms with E-state index < -0.39 is 17.7 Å². The van der Waals surface area contributed by atoms with E-state index in [1.807, 2.05) is 19.9 Å². The van der Waals surface area contributed by atoms with Crippen LogP contribution in [0, 0.1) is 6.92 Å². The summed E-state index contributed by atoms with van der Waals surface area (Å²) in [5.41, 5.74) is 2.02. The number of rotatable bonds is 13. The van der Waals surface area contributed by atoms with Gasteiger partial charge in [0.15, 0.2) is 11.5 Å². The first-order valence-corrected chi connectivity index (χ1v) is 14.5. The number of carbonyl (C=O) groups excluding carboxylic acids is 2. The molecule has 1 N–H and O–H groups in total. The molecule has 2 aromatic rings. The SMILES string of the molecule is CCCCOc1ccc(/C(O)=C2\C(=O)C(=O)N(CCCN3CCOCC3)C2c2ccc(OCC)c(OC)c2)cc1C. The lowest BCUT2D eigenvalue weighted by atomic mass is 9.94. The van der Waals surface area contributed by atoms with Crippen LogP contribution in [-0.2, 0) is 14.3 Å². The molecular formula is C32H42N2O7. The molecule has 9 heteroatoms. The Kier molecular flexibility index (Phi) is 10.7. The van der Waals surface area contributed by atoms with Crippen LogP contribution in [0.2, 0.25) is 0 Å². The lowest BCUT2D eigenvalue weighted by Gasteiger charge is -2.29. The van der Waals surface area contributed by atoms with Crippen molar-refractivity contribution in [2.24, 2.45) is 0 Å². The van der Waals surface area contributed by atoms with Crippen molar-refractivity contribution in [1.29, 1.82) is 0 Å². The predicted octanol–water partition coefficient (Wildman–Crippen LogP) is 4.73. The topological polar surface area (TPSA) is 97.8 Å². The molecule has 4 rings (SSSR count). The Morgan fingerprint density at radius 2 is 1.73 bits per heavy atom. The quantitative estimate of drug-likeness (QED) is 0.161. The third-order valence-electron chi connectivity index (χ3n) is 7.52. The van der Waals surface area contributed by atoms with Crippen LogP contribution in [0.1, 0.15) is 55.8 Å². The Hall–Kier alpha value is -3.56. The molecule has 1 atom stereocenters. The lowest BCUT2D eigenvalue weighted by Crippen LogP contribution is -2.39. The highest BCUT2D eigenvalue weighted by Crippen LogP contribution is 2.42. The van der Waals surface area contributed by atoms with Crippen molar-refractivity contribution >= 4 is 17.4 Å². The van der Waals surface area contributed by atoms with Gasteiger partial charge < -0.3 is 29.0 Å². The van der Waals surface area contributed by atoms with Gasteiger partial charge in [-0.3, -0.25) is 14.5 Å². The minimum Gasteiger partial charge on any atom is -0.507 e. The summed E-state index contributed by atoms with van der Waals surface area (Å²) in [6.45, 7) is 11.2. The number of aliphatic hydroxyl groups excluding tert-OH is 1. The molecule has 0 aliphatic carbocycles. The van der Waals surface area contributed by atoms with Crippen molar-refractivity contribution < 1.29 is 33.6 Å². The van der Waals surface area contributed by atoms with E-state index in [-0.39, 0.29) is 11.3 Å². The molecular weight excluding hydrogens is 524 g/mol. The van der Waals surface area contributed by atoms with E-state index >= 15 is 0 Å². The zero-order valence-electron chi connectivity index (χ0n) is 24.6. The molecule has 1 amide bonds. The van der Waals surface area contributed by atoms with Gasteiger partial charge in [-0.2, -0.15) is 0 Å². The summed E-state index contributed by atoms with van der Waals surface area (Å²) >= 11 is 0. The average Bonchev–Trinajstić information content (AvgIpc) is 3.23. The Labute approximate surface area is 242 Å². The molecule has 2 heterocycles. The minimum absolute atomic E-state index is 0.0617. The Balaban J connectivity index is 1.70. The fourth-order valence-electron chi connectivity index (χ4n) is 5.32. The van der Waals surface area contributed by atoms with E-state index in [0.29, 0.717) is 62.0 Å². The molecule has 2 saturated heterocycles. The molecule has 2 fully saturated rings. The summed E-state index contributed by atoms with van der Waals surface area (Å²) in [7, 11) is 1.55. The van der Waals surface area contributed by atoms with Crippen molar-refractivity contribution in [3.63, 3.8) is 0 Å². The Morgan fingerprint density at radius 1 is 0.976 bits per heavy atom. The smallest absolute Gasteiger partial charge is 0.295 e. The number of benzene rings is 2. The number of methoxy groups -OCH3 is 1. The van der Waals surface area contributed by atoms with Crippen LogP contribution in [-0.4, -0.2) is 86.3 Å². The second-order valence-corrected chi connectivity index (χ2v) is 10.3. The molecule has 2 aliphatic heterocycles. The number of ketones is 1. The van der Waals surface area contributed by atoms with E-state index in [9.17, 15) is 14.7 Å². The molecule has 2 aliphatic rings. The number of hydrogen-bond donors (Lipinski definition) is 1. The third kappa shape index (κ3) is 7.02. The molecule has 0 bridgehead atoms. The minimum atomic E-state index is -0.773. The van der Waals surface area contributed by atoms with Crippen molar-refractivity contribution in [1.82, 2.24) is 9.80 Å². The van der Waals surface area contributed by atoms with Crippen molar-refractivity contribution in [2.45, 2.75) is 46.1 Å². The van der Waals surface area contributed by atoms with Crippen LogP contribution in [0.15, 0.2) is 42.0 Å². The van der Waals surface area contributed by atoms with E-state index in [1.54, 1.807) is 42.3 Å². The maximum absolute atomic E-state index is 13.5. The first kappa shape index (κ1) is 30.4. The van der Waals surface area contributed by atoms with Crippen LogP contribution in [0.3, 0.4) is 0 Å². The van der Waals surface area contributed by atoms with E-state index in [1.165, 1.54) is 0 Å². The van der Waals surface area contributed by atoms with Gasteiger partial charge in [-0.05, 0) is 68.1 Å². The van der Waals surface area contributed by atoms with E-state index in [2.05, 4.69) is 11.8 Å². The number of nitrogens with zero attached hydrogens (tertiary/aromatic N) is 2. The zero-order valence-corrected chi connectivity index (χ0v) is 24.6. The number of Topliss-reactive ketones (excluding diaryl/α,β-unsaturated/α-hetero) is 1. The van der Waals surface area contributed by atoms with Gasteiger partial charge in [-0.15, -0.1) is 0 Å². The highest BCUT2D eigenvalue weighted by Gasteiger charge is 2.46. The van der Waals surface area contributed by atoms with Gasteiger partial charge in [0, 0.05) is 31.7 Å². The second kappa shape index (κ2) is 14.4. The summed E-state index contributed by atoms with van der Waals surface area (Å²) in [4.78, 5) is 30.8. The average molecular weight is 567 g/mol. The maximum Gasteiger partial charge on any atom is 0.295 e. The number of carbonyl (C=O) groups is 2. The van der Waals surface area contributed by atoms with E-state index in [4.69, 9.17) is 18.9 Å². The lowest BCUT2D eigenvalue weighted by molar-refractivity contribution is -0.140. The van der Waals surface area contributed by atoms with Gasteiger partial charge in [-0.25, -0.2) is 0 Å². The van der Waals surface area contributed by atoms with Gasteiger partial charge in [0.2, 0.25) is 0 Å². The molecule has 2 aromatic carbocycles. The van der Waals surface area contributed by atoms with Gasteiger partial charge in [0.05, 0.1) is 45.2 Å². The van der Waals surface area contributed by atoms with Crippen molar-refractivity contribution in [3.05, 3.63) is 58.7 Å². The van der Waals surface area contributed by atoms with Crippen molar-refractivity contribution in [3.8, 4) is 17.2 Å². The first-order chi connectivity index (χ1) is 19.9. The van der Waals surface area contributed by atoms with E-state index in [0.717, 1.165) is 43.8 Å². The summed E-state index contributed by atoms with van der Waals surface area (Å²) in [6.07, 6.45) is 2.66. The maximum atomic E-state index is 13.5. The Bertz CT molecular complexity index is 1250. The number of aryl methyl sites for hydroxylation is 1. The summed E-state index contributed by atoms with van der Waals surface area (Å²) in [5, 5.41) is 11.5. The molecule has 0 saturated carbocycles. The highest BCUT2D eigenvalue weighted by atomic mass is 16.5. The second-order valence-electron chi connectivity index (χ2n) is 10.3. The summed E-state index contributed by atoms with van der Waals surface area (Å²) < 4.78 is 22.6. The van der Waals surface area contributed by atoms with Gasteiger partial charge in [0.1, 0.15) is 11.5 Å². The van der Waals surface area contributed by atoms with Crippen LogP contribution in [0.25, 0.3) is 5.76 Å². The molecule has 41 heavy (non-hydrogen) atoms. The van der Waals surface area contributed by atoms with Crippen LogP contribution in [0.5, 0.6) is 17.2 Å². The highest BCUT2D eigenvalue weighted by molar-refractivity contribution is 6.46. The summed E-state index contributed by atoms with van der Waals surface area (Å²) in [6, 6.07) is 9.92. The molecule has 0 aromatic heterocycles. The third-order valence-corrected chi connectivity index (χ3v) is 7.52. The van der Waals surface area contributed by atoms with Gasteiger partial charge >= 0.3 is 0 Å². The fourth-order valence-corrected chi connectivity index (χ4v) is 5.32. The van der Waals surface area contributed by atoms with Crippen molar-refractivity contribution in [2.75, 3.05) is 59.7 Å². The fraction of sp³-hybridized carbons (Fsp3) is 0.500. The Morgan fingerprint density at radius 3 is 2.41 bits per heavy atom. The monoisotopic (exact) mass is 566 g/mol. The number of aliphatic hydroxyl groups is 1. The molecule has 9 nitrogen and oxygen atoms in total. The predicted molar refractivity (Wildman–Crippen MR) is 157 cm³/mol. The number of morpholine rings is 1. The number of amides is 1. The number of likely N-dealkylation sites (tertiary alicyclic amines) is 1. The number of hydrogen-bond acceptors (Lipinski definition) is 8. The standard InChI is InChI=1S/C32H42N2O7/c1-5-7-17-41-25-11-10-24(20-22(25)3)30(35)28-29(23-9-12-26(40-6-2)27(21-23)38-4)34(32(37)31(28)36)14-8-13-33-15-18-39-19-16-33/h9-12,20-21,29,35H,5-8,13-19H2,1-4H3/b30-28+. The van der Waals surface area contributed by atoms with Gasteiger partial charge in [0.25, 0.3) is 11.7 Å². The zero-order chi connectivity index (χ0) is 29.4. The first-order valence-electron chi connectivity index (χ1n) is 14.5. The van der Waals surface area contributed by atoms with Crippen LogP contribution >= 0.6 is 0 Å². The largest absolute Gasteiger partial charge is 0.507 e. The van der Waals surface area contributed by atoms with Gasteiger partial charge in [-0.1, -0.05) is 19.4 Å². The normalized spacial score (nSPS) is 19.0. The van der Waals surface area contributed by atoms with Crippen LogP contribution < -0.4 is 14.2 Å². The molecule has 0 spiro atoms. The number of ether oxygens (including phenoxy) is 4. The molecule has 1 unspecified atom stereocenters.